The van der Waals surface area contributed by atoms with E-state index in [9.17, 15) is 0 Å². The maximum absolute atomic E-state index is 5.81. The standard InChI is InChI=1S/C10H16ClN3S/c1-14(10-13-9(11)7-15-10)6-8-3-2-4-12-5-8/h7-8,12H,2-6H2,1H3. The third-order valence-electron chi connectivity index (χ3n) is 2.72. The van der Waals surface area contributed by atoms with Crippen molar-refractivity contribution in [2.45, 2.75) is 12.8 Å². The van der Waals surface area contributed by atoms with E-state index in [-0.39, 0.29) is 0 Å². The van der Waals surface area contributed by atoms with Crippen LogP contribution in [-0.4, -0.2) is 31.7 Å². The lowest BCUT2D eigenvalue weighted by Crippen LogP contribution is -2.36. The monoisotopic (exact) mass is 245 g/mol. The average Bonchev–Trinajstić information content (AvgIpc) is 2.66. The summed E-state index contributed by atoms with van der Waals surface area (Å²) in [4.78, 5) is 6.47. The lowest BCUT2D eigenvalue weighted by Gasteiger charge is -2.27. The summed E-state index contributed by atoms with van der Waals surface area (Å²) < 4.78 is 0. The number of hydrogen-bond donors (Lipinski definition) is 1. The van der Waals surface area contributed by atoms with Gasteiger partial charge in [0.2, 0.25) is 0 Å². The van der Waals surface area contributed by atoms with Crippen LogP contribution in [0.5, 0.6) is 0 Å². The first-order valence-corrected chi connectivity index (χ1v) is 6.54. The van der Waals surface area contributed by atoms with Gasteiger partial charge < -0.3 is 10.2 Å². The molecule has 0 bridgehead atoms. The third kappa shape index (κ3) is 3.06. The van der Waals surface area contributed by atoms with E-state index in [1.807, 2.05) is 5.38 Å². The fourth-order valence-electron chi connectivity index (χ4n) is 1.97. The number of hydrogen-bond acceptors (Lipinski definition) is 4. The second-order valence-corrected chi connectivity index (χ2v) is 5.27. The van der Waals surface area contributed by atoms with Gasteiger partial charge in [0.1, 0.15) is 5.15 Å². The first kappa shape index (κ1) is 11.2. The molecular weight excluding hydrogens is 230 g/mol. The van der Waals surface area contributed by atoms with Gasteiger partial charge in [0.15, 0.2) is 5.13 Å². The fraction of sp³-hybridized carbons (Fsp3) is 0.700. The highest BCUT2D eigenvalue weighted by atomic mass is 35.5. The molecule has 0 amide bonds. The Morgan fingerprint density at radius 2 is 2.60 bits per heavy atom. The number of rotatable bonds is 3. The molecule has 1 aliphatic heterocycles. The summed E-state index contributed by atoms with van der Waals surface area (Å²) in [6.07, 6.45) is 2.60. The van der Waals surface area contributed by atoms with Crippen LogP contribution in [0, 0.1) is 5.92 Å². The predicted octanol–water partition coefficient (Wildman–Crippen LogP) is 2.23. The molecule has 5 heteroatoms. The quantitative estimate of drug-likeness (QED) is 0.885. The number of nitrogens with zero attached hydrogens (tertiary/aromatic N) is 2. The molecule has 2 rings (SSSR count). The average molecular weight is 246 g/mol. The van der Waals surface area contributed by atoms with Crippen LogP contribution in [0.1, 0.15) is 12.8 Å². The second kappa shape index (κ2) is 5.14. The Labute approximate surface area is 99.5 Å². The molecule has 1 aromatic heterocycles. The molecular formula is C10H16ClN3S. The van der Waals surface area contributed by atoms with Crippen molar-refractivity contribution < 1.29 is 0 Å². The topological polar surface area (TPSA) is 28.2 Å². The summed E-state index contributed by atoms with van der Waals surface area (Å²) in [5, 5.41) is 6.93. The zero-order valence-electron chi connectivity index (χ0n) is 8.87. The molecule has 3 nitrogen and oxygen atoms in total. The SMILES string of the molecule is CN(CC1CCCNC1)c1nc(Cl)cs1. The van der Waals surface area contributed by atoms with Crippen molar-refractivity contribution in [1.29, 1.82) is 0 Å². The number of halogens is 1. The van der Waals surface area contributed by atoms with Gasteiger partial charge in [-0.15, -0.1) is 11.3 Å². The molecule has 0 spiro atoms. The van der Waals surface area contributed by atoms with Crippen LogP contribution in [0.25, 0.3) is 0 Å². The molecule has 0 radical (unpaired) electrons. The largest absolute Gasteiger partial charge is 0.351 e. The van der Waals surface area contributed by atoms with Gasteiger partial charge in [-0.2, -0.15) is 0 Å². The van der Waals surface area contributed by atoms with Crippen LogP contribution in [0.3, 0.4) is 0 Å². The van der Waals surface area contributed by atoms with Crippen molar-refractivity contribution >= 4 is 28.1 Å². The van der Waals surface area contributed by atoms with Gasteiger partial charge in [0.05, 0.1) is 0 Å². The molecule has 0 aromatic carbocycles. The number of aromatic nitrogens is 1. The minimum Gasteiger partial charge on any atom is -0.351 e. The van der Waals surface area contributed by atoms with Crippen molar-refractivity contribution in [3.05, 3.63) is 10.5 Å². The maximum Gasteiger partial charge on any atom is 0.186 e. The molecule has 1 atom stereocenters. The van der Waals surface area contributed by atoms with Crippen LogP contribution in [-0.2, 0) is 0 Å². The maximum atomic E-state index is 5.81. The first-order valence-electron chi connectivity index (χ1n) is 5.28. The minimum absolute atomic E-state index is 0.601. The Bertz CT molecular complexity index is 309. The van der Waals surface area contributed by atoms with Gasteiger partial charge in [-0.05, 0) is 31.8 Å². The Morgan fingerprint density at radius 3 is 3.20 bits per heavy atom. The molecule has 1 aliphatic rings. The van der Waals surface area contributed by atoms with Crippen LogP contribution in [0.4, 0.5) is 5.13 Å². The normalized spacial score (nSPS) is 21.6. The number of nitrogens with one attached hydrogen (secondary N) is 1. The molecule has 15 heavy (non-hydrogen) atoms. The summed E-state index contributed by atoms with van der Waals surface area (Å²) in [6.45, 7) is 3.36. The van der Waals surface area contributed by atoms with E-state index in [4.69, 9.17) is 11.6 Å². The van der Waals surface area contributed by atoms with E-state index in [1.54, 1.807) is 11.3 Å². The molecule has 1 saturated heterocycles. The number of thiazole rings is 1. The zero-order chi connectivity index (χ0) is 10.7. The van der Waals surface area contributed by atoms with Gasteiger partial charge in [0, 0.05) is 19.0 Å². The Hall–Kier alpha value is -0.320. The number of anilines is 1. The van der Waals surface area contributed by atoms with Gasteiger partial charge in [-0.25, -0.2) is 4.98 Å². The lowest BCUT2D eigenvalue weighted by atomic mass is 9.99. The van der Waals surface area contributed by atoms with Gasteiger partial charge in [-0.3, -0.25) is 0 Å². The van der Waals surface area contributed by atoms with E-state index in [2.05, 4.69) is 22.2 Å². The molecule has 0 saturated carbocycles. The second-order valence-electron chi connectivity index (χ2n) is 4.05. The molecule has 0 aliphatic carbocycles. The summed E-state index contributed by atoms with van der Waals surface area (Å²) in [5.41, 5.74) is 0. The first-order chi connectivity index (χ1) is 7.25. The summed E-state index contributed by atoms with van der Waals surface area (Å²) in [5.74, 6) is 0.742. The van der Waals surface area contributed by atoms with Gasteiger partial charge >= 0.3 is 0 Å². The van der Waals surface area contributed by atoms with Crippen LogP contribution in [0.15, 0.2) is 5.38 Å². The van der Waals surface area contributed by atoms with Gasteiger partial charge in [0.25, 0.3) is 0 Å². The van der Waals surface area contributed by atoms with E-state index in [0.29, 0.717) is 5.15 Å². The summed E-state index contributed by atoms with van der Waals surface area (Å²) in [7, 11) is 2.09. The smallest absolute Gasteiger partial charge is 0.186 e. The predicted molar refractivity (Wildman–Crippen MR) is 66.0 cm³/mol. The molecule has 84 valence electrons. The van der Waals surface area contributed by atoms with E-state index in [0.717, 1.165) is 24.1 Å². The van der Waals surface area contributed by atoms with E-state index >= 15 is 0 Å². The lowest BCUT2D eigenvalue weighted by molar-refractivity contribution is 0.381. The summed E-state index contributed by atoms with van der Waals surface area (Å²) in [6, 6.07) is 0. The van der Waals surface area contributed by atoms with Crippen molar-refractivity contribution in [2.24, 2.45) is 5.92 Å². The zero-order valence-corrected chi connectivity index (χ0v) is 10.4. The highest BCUT2D eigenvalue weighted by molar-refractivity contribution is 7.14. The van der Waals surface area contributed by atoms with Gasteiger partial charge in [-0.1, -0.05) is 11.6 Å². The summed E-state index contributed by atoms with van der Waals surface area (Å²) >= 11 is 7.42. The van der Waals surface area contributed by atoms with E-state index in [1.165, 1.54) is 19.4 Å². The Balaban J connectivity index is 1.88. The molecule has 1 N–H and O–H groups in total. The van der Waals surface area contributed by atoms with Crippen molar-refractivity contribution in [3.63, 3.8) is 0 Å². The Morgan fingerprint density at radius 1 is 1.73 bits per heavy atom. The highest BCUT2D eigenvalue weighted by Crippen LogP contribution is 2.23. The van der Waals surface area contributed by atoms with Crippen LogP contribution < -0.4 is 10.2 Å². The van der Waals surface area contributed by atoms with Crippen LogP contribution >= 0.6 is 22.9 Å². The van der Waals surface area contributed by atoms with E-state index < -0.39 is 0 Å². The van der Waals surface area contributed by atoms with Crippen molar-refractivity contribution in [3.8, 4) is 0 Å². The van der Waals surface area contributed by atoms with Crippen LogP contribution in [0.2, 0.25) is 5.15 Å². The molecule has 2 heterocycles. The van der Waals surface area contributed by atoms with Crippen molar-refractivity contribution in [2.75, 3.05) is 31.6 Å². The third-order valence-corrected chi connectivity index (χ3v) is 4.00. The fourth-order valence-corrected chi connectivity index (χ4v) is 2.89. The Kier molecular flexibility index (Phi) is 3.83. The molecule has 1 fully saturated rings. The molecule has 1 unspecified atom stereocenters. The minimum atomic E-state index is 0.601. The van der Waals surface area contributed by atoms with Crippen molar-refractivity contribution in [1.82, 2.24) is 10.3 Å². The molecule has 1 aromatic rings. The highest BCUT2D eigenvalue weighted by Gasteiger charge is 2.16. The number of piperidine rings is 1.